The van der Waals surface area contributed by atoms with E-state index in [9.17, 15) is 0 Å². The van der Waals surface area contributed by atoms with Gasteiger partial charge >= 0.3 is 0 Å². The number of aliphatic imine (C=N–C) groups is 1. The van der Waals surface area contributed by atoms with Crippen LogP contribution in [-0.2, 0) is 24.9 Å². The molecule has 144 valence electrons. The second kappa shape index (κ2) is 12.5. The summed E-state index contributed by atoms with van der Waals surface area (Å²) < 4.78 is 12.5. The molecule has 8 heteroatoms. The van der Waals surface area contributed by atoms with E-state index in [0.717, 1.165) is 29.5 Å². The molecule has 1 aromatic heterocycles. The third-order valence-electron chi connectivity index (χ3n) is 3.58. The molecule has 0 saturated heterocycles. The zero-order valence-corrected chi connectivity index (χ0v) is 17.9. The van der Waals surface area contributed by atoms with E-state index < -0.39 is 0 Å². The highest BCUT2D eigenvalue weighted by molar-refractivity contribution is 14.0. The van der Waals surface area contributed by atoms with Crippen LogP contribution in [0.3, 0.4) is 0 Å². The molecule has 0 aliphatic rings. The van der Waals surface area contributed by atoms with Crippen molar-refractivity contribution in [1.82, 2.24) is 20.4 Å². The van der Waals surface area contributed by atoms with Gasteiger partial charge in [-0.05, 0) is 30.7 Å². The number of methoxy groups -OCH3 is 1. The van der Waals surface area contributed by atoms with Crippen LogP contribution in [0.25, 0.3) is 0 Å². The van der Waals surface area contributed by atoms with Gasteiger partial charge in [0.05, 0.1) is 25.4 Å². The Bertz CT molecular complexity index is 675. The molecule has 2 aromatic rings. The molecule has 2 N–H and O–H groups in total. The second-order valence-corrected chi connectivity index (χ2v) is 5.48. The summed E-state index contributed by atoms with van der Waals surface area (Å²) >= 11 is 0. The molecule has 7 nitrogen and oxygen atoms in total. The fourth-order valence-electron chi connectivity index (χ4n) is 2.24. The third-order valence-corrected chi connectivity index (χ3v) is 3.58. The average Bonchev–Trinajstić information content (AvgIpc) is 3.03. The van der Waals surface area contributed by atoms with Crippen molar-refractivity contribution in [3.8, 4) is 5.75 Å². The Morgan fingerprint density at radius 3 is 2.77 bits per heavy atom. The number of rotatable bonds is 9. The first-order valence-corrected chi connectivity index (χ1v) is 8.42. The molecule has 0 radical (unpaired) electrons. The van der Waals surface area contributed by atoms with Gasteiger partial charge in [-0.1, -0.05) is 12.1 Å². The van der Waals surface area contributed by atoms with Gasteiger partial charge in [0.25, 0.3) is 0 Å². The molecule has 0 amide bonds. The Morgan fingerprint density at radius 2 is 2.08 bits per heavy atom. The van der Waals surface area contributed by atoms with Gasteiger partial charge in [0.15, 0.2) is 5.96 Å². The minimum Gasteiger partial charge on any atom is -0.491 e. The summed E-state index contributed by atoms with van der Waals surface area (Å²) in [5.74, 6) is 1.60. The number of nitrogens with one attached hydrogen (secondary N) is 2. The van der Waals surface area contributed by atoms with Crippen LogP contribution in [-0.4, -0.2) is 42.6 Å². The van der Waals surface area contributed by atoms with Crippen LogP contribution >= 0.6 is 24.0 Å². The molecule has 2 rings (SSSR count). The predicted octanol–water partition coefficient (Wildman–Crippen LogP) is 2.32. The van der Waals surface area contributed by atoms with Crippen LogP contribution in [0.1, 0.15) is 18.2 Å². The van der Waals surface area contributed by atoms with Crippen LogP contribution in [0.2, 0.25) is 0 Å². The van der Waals surface area contributed by atoms with E-state index in [1.54, 1.807) is 13.3 Å². The number of guanidine groups is 1. The number of hydrogen-bond acceptors (Lipinski definition) is 4. The summed E-state index contributed by atoms with van der Waals surface area (Å²) in [5.41, 5.74) is 2.19. The lowest BCUT2D eigenvalue weighted by atomic mass is 10.2. The highest BCUT2D eigenvalue weighted by atomic mass is 127. The van der Waals surface area contributed by atoms with Crippen molar-refractivity contribution in [2.45, 2.75) is 20.0 Å². The molecule has 0 saturated carbocycles. The number of hydrogen-bond donors (Lipinski definition) is 2. The van der Waals surface area contributed by atoms with Crippen LogP contribution < -0.4 is 15.4 Å². The second-order valence-electron chi connectivity index (χ2n) is 5.48. The number of aromatic nitrogens is 2. The lowest BCUT2D eigenvalue weighted by molar-refractivity contribution is 0.146. The fraction of sp³-hybridized carbons (Fsp3) is 0.444. The monoisotopic (exact) mass is 473 g/mol. The first-order chi connectivity index (χ1) is 12.2. The van der Waals surface area contributed by atoms with E-state index in [4.69, 9.17) is 9.47 Å². The SMILES string of the molecule is CCNC(=NCc1cccc(OCCOC)c1)NCc1ccnn1C.I. The Hall–Kier alpha value is -1.81. The molecule has 0 unspecified atom stereocenters. The Balaban J connectivity index is 0.00000338. The summed E-state index contributed by atoms with van der Waals surface area (Å²) in [6, 6.07) is 9.94. The molecule has 0 aliphatic carbocycles. The van der Waals surface area contributed by atoms with E-state index in [1.807, 2.05) is 49.0 Å². The van der Waals surface area contributed by atoms with Gasteiger partial charge in [0, 0.05) is 26.9 Å². The average molecular weight is 473 g/mol. The topological polar surface area (TPSA) is 72.7 Å². The maximum absolute atomic E-state index is 5.64. The van der Waals surface area contributed by atoms with Crippen molar-refractivity contribution >= 4 is 29.9 Å². The minimum absolute atomic E-state index is 0. The van der Waals surface area contributed by atoms with E-state index in [2.05, 4.69) is 20.7 Å². The van der Waals surface area contributed by atoms with Gasteiger partial charge < -0.3 is 20.1 Å². The zero-order valence-electron chi connectivity index (χ0n) is 15.6. The highest BCUT2D eigenvalue weighted by Gasteiger charge is 2.02. The van der Waals surface area contributed by atoms with Gasteiger partial charge in [0.2, 0.25) is 0 Å². The Labute approximate surface area is 172 Å². The largest absolute Gasteiger partial charge is 0.491 e. The van der Waals surface area contributed by atoms with Crippen LogP contribution in [0, 0.1) is 0 Å². The molecular formula is C18H28IN5O2. The number of halogens is 1. The summed E-state index contributed by atoms with van der Waals surface area (Å²) in [5, 5.41) is 10.7. The molecule has 0 spiro atoms. The fourth-order valence-corrected chi connectivity index (χ4v) is 2.24. The lowest BCUT2D eigenvalue weighted by Crippen LogP contribution is -2.37. The third kappa shape index (κ3) is 7.61. The van der Waals surface area contributed by atoms with Gasteiger partial charge in [-0.2, -0.15) is 5.10 Å². The van der Waals surface area contributed by atoms with Gasteiger partial charge in [-0.25, -0.2) is 4.99 Å². The summed E-state index contributed by atoms with van der Waals surface area (Å²) in [7, 11) is 3.59. The van der Waals surface area contributed by atoms with Gasteiger partial charge in [0.1, 0.15) is 12.4 Å². The van der Waals surface area contributed by atoms with Gasteiger partial charge in [-0.3, -0.25) is 4.68 Å². The van der Waals surface area contributed by atoms with Crippen LogP contribution in [0.5, 0.6) is 5.75 Å². The summed E-state index contributed by atoms with van der Waals surface area (Å²) in [4.78, 5) is 4.63. The summed E-state index contributed by atoms with van der Waals surface area (Å²) in [6.07, 6.45) is 1.79. The number of benzene rings is 1. The molecule has 0 aliphatic heterocycles. The molecule has 26 heavy (non-hydrogen) atoms. The highest BCUT2D eigenvalue weighted by Crippen LogP contribution is 2.14. The summed E-state index contributed by atoms with van der Waals surface area (Å²) in [6.45, 7) is 5.20. The maximum atomic E-state index is 5.64. The van der Waals surface area contributed by atoms with Crippen LogP contribution in [0.15, 0.2) is 41.5 Å². The molecule has 1 aromatic carbocycles. The van der Waals surface area contributed by atoms with Crippen LogP contribution in [0.4, 0.5) is 0 Å². The lowest BCUT2D eigenvalue weighted by Gasteiger charge is -2.12. The molecular weight excluding hydrogens is 445 g/mol. The van der Waals surface area contributed by atoms with Crippen molar-refractivity contribution in [2.24, 2.45) is 12.0 Å². The Kier molecular flexibility index (Phi) is 10.7. The molecule has 0 bridgehead atoms. The molecule has 0 atom stereocenters. The van der Waals surface area contributed by atoms with E-state index >= 15 is 0 Å². The standard InChI is InChI=1S/C18H27N5O2.HI/c1-4-19-18(21-14-16-8-9-22-23(16)2)20-13-15-6-5-7-17(12-15)25-11-10-24-3;/h5-9,12H,4,10-11,13-14H2,1-3H3,(H2,19,20,21);1H. The van der Waals surface area contributed by atoms with E-state index in [-0.39, 0.29) is 24.0 Å². The first-order valence-electron chi connectivity index (χ1n) is 8.42. The van der Waals surface area contributed by atoms with E-state index in [1.165, 1.54) is 0 Å². The van der Waals surface area contributed by atoms with Crippen molar-refractivity contribution in [1.29, 1.82) is 0 Å². The minimum atomic E-state index is 0. The van der Waals surface area contributed by atoms with Crippen molar-refractivity contribution < 1.29 is 9.47 Å². The quantitative estimate of drug-likeness (QED) is 0.253. The number of aryl methyl sites for hydroxylation is 1. The first kappa shape index (κ1) is 22.2. The van der Waals surface area contributed by atoms with Gasteiger partial charge in [-0.15, -0.1) is 24.0 Å². The smallest absolute Gasteiger partial charge is 0.191 e. The number of ether oxygens (including phenoxy) is 2. The zero-order chi connectivity index (χ0) is 17.9. The Morgan fingerprint density at radius 1 is 1.23 bits per heavy atom. The normalized spacial score (nSPS) is 11.0. The van der Waals surface area contributed by atoms with Crippen molar-refractivity contribution in [2.75, 3.05) is 26.9 Å². The maximum Gasteiger partial charge on any atom is 0.191 e. The molecule has 1 heterocycles. The van der Waals surface area contributed by atoms with Crippen molar-refractivity contribution in [3.63, 3.8) is 0 Å². The predicted molar refractivity (Wildman–Crippen MR) is 114 cm³/mol. The molecule has 0 fully saturated rings. The number of nitrogens with zero attached hydrogens (tertiary/aromatic N) is 3. The van der Waals surface area contributed by atoms with Crippen molar-refractivity contribution in [3.05, 3.63) is 47.8 Å². The van der Waals surface area contributed by atoms with E-state index in [0.29, 0.717) is 26.3 Å².